The van der Waals surface area contributed by atoms with Gasteiger partial charge in [-0.15, -0.1) is 5.10 Å². The predicted octanol–water partition coefficient (Wildman–Crippen LogP) is 8.88. The second kappa shape index (κ2) is 10.3. The van der Waals surface area contributed by atoms with Gasteiger partial charge in [-0.1, -0.05) is 82.3 Å². The Labute approximate surface area is 249 Å². The van der Waals surface area contributed by atoms with Crippen LogP contribution in [-0.2, 0) is 5.41 Å². The lowest BCUT2D eigenvalue weighted by Crippen LogP contribution is -2.22. The number of pyridine rings is 2. The molecule has 0 radical (unpaired) electrons. The van der Waals surface area contributed by atoms with Crippen LogP contribution in [0, 0.1) is 5.82 Å². The molecule has 6 nitrogen and oxygen atoms in total. The molecule has 0 unspecified atom stereocenters. The fourth-order valence-electron chi connectivity index (χ4n) is 5.96. The first-order valence-electron chi connectivity index (χ1n) is 14.5. The quantitative estimate of drug-likeness (QED) is 0.188. The summed E-state index contributed by atoms with van der Waals surface area (Å²) in [5.41, 5.74) is 5.41. The minimum absolute atomic E-state index is 0.272. The van der Waals surface area contributed by atoms with Gasteiger partial charge in [-0.3, -0.25) is 4.90 Å². The molecule has 7 rings (SSSR count). The van der Waals surface area contributed by atoms with Gasteiger partial charge in [0.15, 0.2) is 5.65 Å². The lowest BCUT2D eigenvalue weighted by atomic mass is 9.77. The molecule has 0 bridgehead atoms. The van der Waals surface area contributed by atoms with Crippen molar-refractivity contribution in [2.45, 2.75) is 39.0 Å². The average molecular weight is 567 g/mol. The van der Waals surface area contributed by atoms with Crippen LogP contribution < -0.4 is 4.90 Å². The summed E-state index contributed by atoms with van der Waals surface area (Å²) in [6.45, 7) is 8.47. The van der Waals surface area contributed by atoms with E-state index < -0.39 is 5.41 Å². The molecule has 0 atom stereocenters. The largest absolute Gasteiger partial charge is 0.295 e. The first-order valence-corrected chi connectivity index (χ1v) is 14.5. The summed E-state index contributed by atoms with van der Waals surface area (Å²) in [5.74, 6) is 0.924. The van der Waals surface area contributed by atoms with Crippen LogP contribution >= 0.6 is 0 Å². The molecular formula is C36H31FN6. The minimum Gasteiger partial charge on any atom is -0.295 e. The zero-order chi connectivity index (χ0) is 29.7. The van der Waals surface area contributed by atoms with Crippen LogP contribution in [0.5, 0.6) is 0 Å². The minimum atomic E-state index is -0.685. The molecule has 0 aliphatic carbocycles. The summed E-state index contributed by atoms with van der Waals surface area (Å²) in [5, 5.41) is 15.0. The zero-order valence-electron chi connectivity index (χ0n) is 24.5. The van der Waals surface area contributed by atoms with E-state index in [9.17, 15) is 0 Å². The molecular weight excluding hydrogens is 535 g/mol. The van der Waals surface area contributed by atoms with Gasteiger partial charge in [0.2, 0.25) is 0 Å². The maximum atomic E-state index is 16.2. The van der Waals surface area contributed by atoms with Crippen LogP contribution in [0.2, 0.25) is 0 Å². The molecule has 0 saturated heterocycles. The number of nitrogens with zero attached hydrogens (tertiary/aromatic N) is 6. The maximum absolute atomic E-state index is 16.2. The Morgan fingerprint density at radius 3 is 2.30 bits per heavy atom. The summed E-state index contributed by atoms with van der Waals surface area (Å²) < 4.78 is 17.9. The van der Waals surface area contributed by atoms with Gasteiger partial charge in [-0.25, -0.2) is 9.37 Å². The van der Waals surface area contributed by atoms with E-state index in [4.69, 9.17) is 4.98 Å². The first-order chi connectivity index (χ1) is 20.8. The number of para-hydroxylation sites is 1. The topological polar surface area (TPSA) is 59.2 Å². The molecule has 43 heavy (non-hydrogen) atoms. The molecule has 0 aliphatic rings. The Balaban J connectivity index is 1.39. The fourth-order valence-corrected chi connectivity index (χ4v) is 5.96. The molecule has 0 N–H and O–H groups in total. The van der Waals surface area contributed by atoms with Crippen molar-refractivity contribution < 1.29 is 4.39 Å². The molecule has 0 saturated carbocycles. The van der Waals surface area contributed by atoms with Crippen molar-refractivity contribution >= 4 is 44.5 Å². The molecule has 0 fully saturated rings. The molecule has 7 heteroatoms. The highest BCUT2D eigenvalue weighted by molar-refractivity contribution is 6.11. The molecule has 0 aliphatic heterocycles. The second-order valence-electron chi connectivity index (χ2n) is 11.8. The SMILES string of the molecule is CC(C)c1ccnc(N(c2ccccc2)c2cccc(C(C)(C)c3cc4c(cc3F)c3ccccc3c3nnnn43)c2)c1. The normalized spacial score (nSPS) is 12.0. The van der Waals surface area contributed by atoms with Crippen molar-refractivity contribution in [1.82, 2.24) is 25.0 Å². The number of benzene rings is 4. The lowest BCUT2D eigenvalue weighted by molar-refractivity contribution is 0.550. The molecule has 3 heterocycles. The maximum Gasteiger partial charge on any atom is 0.187 e. The van der Waals surface area contributed by atoms with Crippen molar-refractivity contribution in [3.63, 3.8) is 0 Å². The van der Waals surface area contributed by atoms with Crippen LogP contribution in [0.4, 0.5) is 21.6 Å². The van der Waals surface area contributed by atoms with Gasteiger partial charge in [-0.2, -0.15) is 4.52 Å². The standard InChI is InChI=1S/C36H31FN6/c1-23(2)24-17-18-38-34(19-24)42(26-12-6-5-7-13-26)27-14-10-11-25(20-27)36(3,4)31-22-33-30(21-32(31)37)28-15-8-9-16-29(28)35-39-40-41-43(33)35/h5-23H,1-4H3. The van der Waals surface area contributed by atoms with Gasteiger partial charge >= 0.3 is 0 Å². The number of anilines is 3. The number of rotatable bonds is 6. The zero-order valence-corrected chi connectivity index (χ0v) is 24.5. The Morgan fingerprint density at radius 1 is 0.767 bits per heavy atom. The first kappa shape index (κ1) is 26.7. The number of hydrogen-bond acceptors (Lipinski definition) is 5. The highest BCUT2D eigenvalue weighted by atomic mass is 19.1. The Hall–Kier alpha value is -5.17. The van der Waals surface area contributed by atoms with Crippen molar-refractivity contribution in [3.8, 4) is 0 Å². The van der Waals surface area contributed by atoms with Crippen molar-refractivity contribution in [2.75, 3.05) is 4.90 Å². The van der Waals surface area contributed by atoms with Crippen LogP contribution in [0.3, 0.4) is 0 Å². The molecule has 4 aromatic carbocycles. The van der Waals surface area contributed by atoms with E-state index in [2.05, 4.69) is 90.6 Å². The van der Waals surface area contributed by atoms with Crippen LogP contribution in [0.1, 0.15) is 50.3 Å². The summed E-state index contributed by atoms with van der Waals surface area (Å²) in [6, 6.07) is 34.1. The molecule has 7 aromatic rings. The average Bonchev–Trinajstić information content (AvgIpc) is 3.52. The number of halogens is 1. The third-order valence-corrected chi connectivity index (χ3v) is 8.42. The van der Waals surface area contributed by atoms with Gasteiger partial charge in [0.05, 0.1) is 5.52 Å². The van der Waals surface area contributed by atoms with Crippen LogP contribution in [-0.4, -0.2) is 25.0 Å². The molecule has 0 amide bonds. The Bertz CT molecular complexity index is 2120. The van der Waals surface area contributed by atoms with E-state index in [1.54, 1.807) is 10.6 Å². The van der Waals surface area contributed by atoms with Crippen molar-refractivity contribution in [1.29, 1.82) is 0 Å². The van der Waals surface area contributed by atoms with E-state index >= 15 is 4.39 Å². The van der Waals surface area contributed by atoms with Gasteiger partial charge in [0, 0.05) is 39.3 Å². The van der Waals surface area contributed by atoms with E-state index in [1.807, 2.05) is 60.8 Å². The van der Waals surface area contributed by atoms with E-state index in [1.165, 1.54) is 5.56 Å². The van der Waals surface area contributed by atoms with Gasteiger partial charge < -0.3 is 0 Å². The summed E-state index contributed by atoms with van der Waals surface area (Å²) in [7, 11) is 0. The van der Waals surface area contributed by atoms with Crippen molar-refractivity contribution in [2.24, 2.45) is 0 Å². The van der Waals surface area contributed by atoms with E-state index in [0.29, 0.717) is 17.1 Å². The number of fused-ring (bicyclic) bond motifs is 6. The monoisotopic (exact) mass is 566 g/mol. The highest BCUT2D eigenvalue weighted by Gasteiger charge is 2.29. The summed E-state index contributed by atoms with van der Waals surface area (Å²) in [4.78, 5) is 6.92. The second-order valence-corrected chi connectivity index (χ2v) is 11.8. The smallest absolute Gasteiger partial charge is 0.187 e. The summed E-state index contributed by atoms with van der Waals surface area (Å²) >= 11 is 0. The van der Waals surface area contributed by atoms with Crippen molar-refractivity contribution in [3.05, 3.63) is 132 Å². The highest BCUT2D eigenvalue weighted by Crippen LogP contribution is 2.41. The van der Waals surface area contributed by atoms with Gasteiger partial charge in [-0.05, 0) is 81.4 Å². The van der Waals surface area contributed by atoms with Crippen LogP contribution in [0.25, 0.3) is 27.3 Å². The Kier molecular flexibility index (Phi) is 6.38. The van der Waals surface area contributed by atoms with Gasteiger partial charge in [0.1, 0.15) is 11.6 Å². The third-order valence-electron chi connectivity index (χ3n) is 8.42. The van der Waals surface area contributed by atoms with E-state index in [-0.39, 0.29) is 5.82 Å². The van der Waals surface area contributed by atoms with Gasteiger partial charge in [0.25, 0.3) is 0 Å². The number of aromatic nitrogens is 5. The van der Waals surface area contributed by atoms with Crippen LogP contribution in [0.15, 0.2) is 109 Å². The lowest BCUT2D eigenvalue weighted by Gasteiger charge is -2.30. The third kappa shape index (κ3) is 4.48. The predicted molar refractivity (Wildman–Crippen MR) is 171 cm³/mol. The number of tetrazole rings is 1. The molecule has 3 aromatic heterocycles. The van der Waals surface area contributed by atoms with E-state index in [0.717, 1.165) is 44.4 Å². The fraction of sp³-hybridized carbons (Fsp3) is 0.167. The molecule has 0 spiro atoms. The molecule has 212 valence electrons. The summed E-state index contributed by atoms with van der Waals surface area (Å²) in [6.07, 6.45) is 1.86. The Morgan fingerprint density at radius 2 is 1.51 bits per heavy atom. The number of hydrogen-bond donors (Lipinski definition) is 0.